The summed E-state index contributed by atoms with van der Waals surface area (Å²) >= 11 is 9.67. The van der Waals surface area contributed by atoms with E-state index in [1.165, 1.54) is 6.07 Å². The van der Waals surface area contributed by atoms with Crippen LogP contribution < -0.4 is 5.73 Å². The van der Waals surface area contributed by atoms with Crippen LogP contribution in [0.15, 0.2) is 29.6 Å². The summed E-state index contributed by atoms with van der Waals surface area (Å²) in [6, 6.07) is 6.83. The normalized spacial score (nSPS) is 10.9. The lowest BCUT2D eigenvalue weighted by atomic mass is 10.0. The molecule has 3 rings (SSSR count). The maximum atomic E-state index is 14.2. The fraction of sp³-hybridized carbons (Fsp3) is 0. The Labute approximate surface area is 137 Å². The number of anilines is 1. The molecule has 1 aromatic carbocycles. The summed E-state index contributed by atoms with van der Waals surface area (Å²) in [6.45, 7) is 0. The van der Waals surface area contributed by atoms with Gasteiger partial charge in [-0.3, -0.25) is 5.10 Å². The van der Waals surface area contributed by atoms with Gasteiger partial charge in [0.05, 0.1) is 19.2 Å². The third-order valence-electron chi connectivity index (χ3n) is 2.87. The van der Waals surface area contributed by atoms with E-state index < -0.39 is 5.82 Å². The zero-order valence-electron chi connectivity index (χ0n) is 9.95. The van der Waals surface area contributed by atoms with E-state index in [2.05, 4.69) is 32.8 Å². The number of hydrogen-bond acceptors (Lipinski definition) is 3. The molecule has 2 aromatic heterocycles. The van der Waals surface area contributed by atoms with Crippen LogP contribution in [0, 0.1) is 8.70 Å². The Hall–Kier alpha value is -1.12. The minimum absolute atomic E-state index is 0.0638. The second kappa shape index (κ2) is 5.34. The number of nitrogens with one attached hydrogen (secondary N) is 1. The zero-order valence-corrected chi connectivity index (χ0v) is 13.7. The van der Waals surface area contributed by atoms with Crippen LogP contribution in [-0.2, 0) is 0 Å². The van der Waals surface area contributed by atoms with Crippen molar-refractivity contribution in [2.24, 2.45) is 0 Å². The van der Waals surface area contributed by atoms with Crippen LogP contribution in [0.5, 0.6) is 0 Å². The van der Waals surface area contributed by atoms with Gasteiger partial charge < -0.3 is 5.73 Å². The summed E-state index contributed by atoms with van der Waals surface area (Å²) in [5, 5.41) is 8.90. The van der Waals surface area contributed by atoms with E-state index >= 15 is 0 Å². The molecule has 7 heteroatoms. The monoisotopic (exact) mass is 419 g/mol. The predicted molar refractivity (Wildman–Crippen MR) is 89.4 cm³/mol. The van der Waals surface area contributed by atoms with E-state index in [1.54, 1.807) is 23.5 Å². The van der Waals surface area contributed by atoms with Crippen molar-refractivity contribution in [2.75, 3.05) is 5.73 Å². The van der Waals surface area contributed by atoms with E-state index in [0.717, 1.165) is 8.45 Å². The number of thiophene rings is 1. The van der Waals surface area contributed by atoms with Crippen LogP contribution in [0.2, 0.25) is 5.02 Å². The SMILES string of the molecule is Nc1n[nH]c(-c2csc(I)c2)c1-c1cccc(Cl)c1F. The molecule has 0 saturated carbocycles. The number of nitrogen functional groups attached to an aromatic ring is 1. The third kappa shape index (κ3) is 2.32. The van der Waals surface area contributed by atoms with Crippen molar-refractivity contribution in [1.82, 2.24) is 10.2 Å². The lowest BCUT2D eigenvalue weighted by Crippen LogP contribution is -1.92. The van der Waals surface area contributed by atoms with Crippen molar-refractivity contribution < 1.29 is 4.39 Å². The number of nitrogens with two attached hydrogens (primary N) is 1. The molecule has 0 atom stereocenters. The van der Waals surface area contributed by atoms with Gasteiger partial charge in [0.2, 0.25) is 0 Å². The molecule has 0 saturated heterocycles. The molecule has 3 nitrogen and oxygen atoms in total. The highest BCUT2D eigenvalue weighted by molar-refractivity contribution is 14.1. The van der Waals surface area contributed by atoms with Crippen molar-refractivity contribution in [2.45, 2.75) is 0 Å². The quantitative estimate of drug-likeness (QED) is 0.587. The summed E-state index contributed by atoms with van der Waals surface area (Å²) in [6.07, 6.45) is 0. The Balaban J connectivity index is 2.24. The largest absolute Gasteiger partial charge is 0.382 e. The molecule has 0 radical (unpaired) electrons. The molecule has 0 aliphatic rings. The van der Waals surface area contributed by atoms with Gasteiger partial charge in [-0.05, 0) is 34.7 Å². The maximum absolute atomic E-state index is 14.2. The highest BCUT2D eigenvalue weighted by Crippen LogP contribution is 2.39. The number of rotatable bonds is 2. The first-order chi connectivity index (χ1) is 9.58. The molecule has 0 aliphatic carbocycles. The van der Waals surface area contributed by atoms with Crippen LogP contribution in [0.3, 0.4) is 0 Å². The standard InChI is InChI=1S/C13H8ClFIN3S/c14-8-3-1-2-7(11(8)15)10-12(18-19-13(10)17)6-4-9(16)20-5-6/h1-5H,(H3,17,18,19). The van der Waals surface area contributed by atoms with Crippen LogP contribution in [0.1, 0.15) is 0 Å². The second-order valence-electron chi connectivity index (χ2n) is 4.10. The van der Waals surface area contributed by atoms with Gasteiger partial charge in [0.15, 0.2) is 5.82 Å². The minimum atomic E-state index is -0.492. The number of aromatic amines is 1. The van der Waals surface area contributed by atoms with Gasteiger partial charge in [0, 0.05) is 16.5 Å². The number of halogens is 3. The summed E-state index contributed by atoms with van der Waals surface area (Å²) in [5.41, 5.74) is 8.40. The number of aromatic nitrogens is 2. The van der Waals surface area contributed by atoms with Crippen LogP contribution in [0.4, 0.5) is 10.2 Å². The first-order valence-electron chi connectivity index (χ1n) is 5.60. The smallest absolute Gasteiger partial charge is 0.153 e. The van der Waals surface area contributed by atoms with Crippen LogP contribution >= 0.6 is 45.5 Å². The molecule has 0 amide bonds. The summed E-state index contributed by atoms with van der Waals surface area (Å²) in [5.74, 6) is -0.240. The molecular formula is C13H8ClFIN3S. The lowest BCUT2D eigenvalue weighted by molar-refractivity contribution is 0.632. The zero-order chi connectivity index (χ0) is 14.3. The van der Waals surface area contributed by atoms with Crippen molar-refractivity contribution in [3.8, 4) is 22.4 Å². The van der Waals surface area contributed by atoms with Gasteiger partial charge in [-0.2, -0.15) is 5.10 Å². The number of hydrogen-bond donors (Lipinski definition) is 2. The van der Waals surface area contributed by atoms with Crippen molar-refractivity contribution in [3.05, 3.63) is 43.4 Å². The Morgan fingerprint density at radius 1 is 1.40 bits per heavy atom. The Bertz CT molecular complexity index is 784. The topological polar surface area (TPSA) is 54.7 Å². The molecule has 3 aromatic rings. The molecule has 0 spiro atoms. The maximum Gasteiger partial charge on any atom is 0.153 e. The van der Waals surface area contributed by atoms with Gasteiger partial charge in [-0.1, -0.05) is 23.7 Å². The summed E-state index contributed by atoms with van der Waals surface area (Å²) in [7, 11) is 0. The molecule has 2 heterocycles. The molecule has 20 heavy (non-hydrogen) atoms. The lowest BCUT2D eigenvalue weighted by Gasteiger charge is -2.06. The van der Waals surface area contributed by atoms with E-state index in [4.69, 9.17) is 17.3 Å². The van der Waals surface area contributed by atoms with Crippen molar-refractivity contribution in [1.29, 1.82) is 0 Å². The molecule has 0 bridgehead atoms. The predicted octanol–water partition coefficient (Wildman–Crippen LogP) is 4.78. The Morgan fingerprint density at radius 3 is 2.90 bits per heavy atom. The van der Waals surface area contributed by atoms with Gasteiger partial charge in [0.25, 0.3) is 0 Å². The minimum Gasteiger partial charge on any atom is -0.382 e. The first kappa shape index (κ1) is 13.8. The highest BCUT2D eigenvalue weighted by atomic mass is 127. The second-order valence-corrected chi connectivity index (χ2v) is 7.31. The van der Waals surface area contributed by atoms with Crippen molar-refractivity contribution in [3.63, 3.8) is 0 Å². The fourth-order valence-electron chi connectivity index (χ4n) is 1.98. The molecular weight excluding hydrogens is 412 g/mol. The van der Waals surface area contributed by atoms with E-state index in [0.29, 0.717) is 16.8 Å². The molecule has 0 unspecified atom stereocenters. The van der Waals surface area contributed by atoms with Gasteiger partial charge in [-0.15, -0.1) is 11.3 Å². The molecule has 0 aliphatic heterocycles. The number of nitrogens with zero attached hydrogens (tertiary/aromatic N) is 1. The summed E-state index contributed by atoms with van der Waals surface area (Å²) in [4.78, 5) is 0. The van der Waals surface area contributed by atoms with E-state index in [9.17, 15) is 4.39 Å². The van der Waals surface area contributed by atoms with Crippen LogP contribution in [0.25, 0.3) is 22.4 Å². The van der Waals surface area contributed by atoms with E-state index in [-0.39, 0.29) is 10.8 Å². The third-order valence-corrected chi connectivity index (χ3v) is 4.95. The average molecular weight is 420 g/mol. The molecule has 3 N–H and O–H groups in total. The summed E-state index contributed by atoms with van der Waals surface area (Å²) < 4.78 is 15.3. The molecule has 0 fully saturated rings. The van der Waals surface area contributed by atoms with Gasteiger partial charge in [-0.25, -0.2) is 4.39 Å². The van der Waals surface area contributed by atoms with Gasteiger partial charge in [0.1, 0.15) is 5.82 Å². The number of H-pyrrole nitrogens is 1. The molecule has 102 valence electrons. The highest BCUT2D eigenvalue weighted by Gasteiger charge is 2.19. The Kier molecular flexibility index (Phi) is 3.70. The first-order valence-corrected chi connectivity index (χ1v) is 7.94. The van der Waals surface area contributed by atoms with Gasteiger partial charge >= 0.3 is 0 Å². The van der Waals surface area contributed by atoms with Crippen LogP contribution in [-0.4, -0.2) is 10.2 Å². The average Bonchev–Trinajstić information content (AvgIpc) is 2.99. The fourth-order valence-corrected chi connectivity index (χ4v) is 3.49. The van der Waals surface area contributed by atoms with E-state index in [1.807, 2.05) is 11.4 Å². The number of benzene rings is 1. The Morgan fingerprint density at radius 2 is 2.20 bits per heavy atom. The van der Waals surface area contributed by atoms with Crippen molar-refractivity contribution >= 4 is 51.3 Å².